The molecule has 1 aliphatic carbocycles. The van der Waals surface area contributed by atoms with Gasteiger partial charge in [-0.2, -0.15) is 0 Å². The largest absolute Gasteiger partial charge is 0.444 e. The van der Waals surface area contributed by atoms with Crippen LogP contribution in [0.3, 0.4) is 0 Å². The summed E-state index contributed by atoms with van der Waals surface area (Å²) in [5.41, 5.74) is 1.55. The van der Waals surface area contributed by atoms with Gasteiger partial charge in [0.15, 0.2) is 5.78 Å². The van der Waals surface area contributed by atoms with Crippen molar-refractivity contribution in [2.24, 2.45) is 5.92 Å². The number of aromatic nitrogens is 2. The van der Waals surface area contributed by atoms with E-state index in [0.29, 0.717) is 24.2 Å². The summed E-state index contributed by atoms with van der Waals surface area (Å²) in [6.45, 7) is 9.93. The molecule has 1 saturated carbocycles. The average Bonchev–Trinajstić information content (AvgIpc) is 2.74. The van der Waals surface area contributed by atoms with Crippen molar-refractivity contribution in [2.75, 3.05) is 25.0 Å². The van der Waals surface area contributed by atoms with Crippen LogP contribution in [0, 0.1) is 12.8 Å². The van der Waals surface area contributed by atoms with Gasteiger partial charge < -0.3 is 15.4 Å². The first kappa shape index (κ1) is 24.4. The number of rotatable bonds is 7. The van der Waals surface area contributed by atoms with E-state index < -0.39 is 5.60 Å². The Labute approximate surface area is 201 Å². The Morgan fingerprint density at radius 3 is 2.56 bits per heavy atom. The van der Waals surface area contributed by atoms with Crippen LogP contribution in [0.15, 0.2) is 24.5 Å². The van der Waals surface area contributed by atoms with Crippen LogP contribution >= 0.6 is 0 Å². The van der Waals surface area contributed by atoms with Crippen molar-refractivity contribution < 1.29 is 14.3 Å². The molecule has 1 saturated heterocycles. The van der Waals surface area contributed by atoms with Gasteiger partial charge in [-0.25, -0.2) is 14.8 Å². The van der Waals surface area contributed by atoms with Crippen LogP contribution < -0.4 is 10.6 Å². The normalized spacial score (nSPS) is 21.6. The van der Waals surface area contributed by atoms with E-state index in [0.717, 1.165) is 55.2 Å². The number of amides is 1. The van der Waals surface area contributed by atoms with Crippen LogP contribution in [0.1, 0.15) is 58.4 Å². The number of carbonyl (C=O) groups excluding carboxylic acids is 2. The summed E-state index contributed by atoms with van der Waals surface area (Å²) in [6.07, 6.45) is 5.90. The third-order valence-electron chi connectivity index (χ3n) is 6.68. The van der Waals surface area contributed by atoms with Crippen molar-refractivity contribution in [3.05, 3.63) is 30.1 Å². The first-order valence-electron chi connectivity index (χ1n) is 12.4. The van der Waals surface area contributed by atoms with Gasteiger partial charge in [0, 0.05) is 37.0 Å². The van der Waals surface area contributed by atoms with E-state index in [1.165, 1.54) is 6.33 Å². The molecule has 1 aromatic carbocycles. The molecule has 34 heavy (non-hydrogen) atoms. The molecule has 1 aliphatic heterocycles. The molecule has 0 radical (unpaired) electrons. The SMILES string of the molecule is Cc1ccc2ncnc(NCC(=O)CC3CN(C4CCC(NC(=O)OC(C)(C)C)CC4)C3)c2c1. The molecule has 8 nitrogen and oxygen atoms in total. The third kappa shape index (κ3) is 6.44. The number of ether oxygens (including phenoxy) is 1. The highest BCUT2D eigenvalue weighted by Crippen LogP contribution is 2.30. The van der Waals surface area contributed by atoms with Gasteiger partial charge in [0.25, 0.3) is 0 Å². The number of anilines is 1. The lowest BCUT2D eigenvalue weighted by Crippen LogP contribution is -2.54. The molecule has 1 aromatic heterocycles. The van der Waals surface area contributed by atoms with E-state index in [4.69, 9.17) is 4.74 Å². The first-order chi connectivity index (χ1) is 16.2. The highest BCUT2D eigenvalue weighted by molar-refractivity contribution is 5.91. The number of hydrogen-bond donors (Lipinski definition) is 2. The fourth-order valence-electron chi connectivity index (χ4n) is 4.98. The molecule has 0 unspecified atom stereocenters. The van der Waals surface area contributed by atoms with Crippen LogP contribution in [0.4, 0.5) is 10.6 Å². The van der Waals surface area contributed by atoms with Crippen molar-refractivity contribution >= 4 is 28.6 Å². The van der Waals surface area contributed by atoms with Gasteiger partial charge >= 0.3 is 6.09 Å². The fourth-order valence-corrected chi connectivity index (χ4v) is 4.98. The van der Waals surface area contributed by atoms with Crippen molar-refractivity contribution in [1.82, 2.24) is 20.2 Å². The standard InChI is InChI=1S/C26H37N5O3/c1-17-5-10-23-22(11-17)24(29-16-28-23)27-13-21(32)12-18-14-31(15-18)20-8-6-19(7-9-20)30-25(33)34-26(2,3)4/h5,10-11,16,18-20H,6-9,12-15H2,1-4H3,(H,30,33)(H,27,28,29). The van der Waals surface area contributed by atoms with Gasteiger partial charge in [-0.1, -0.05) is 11.6 Å². The van der Waals surface area contributed by atoms with Crippen LogP contribution in [0.5, 0.6) is 0 Å². The number of fused-ring (bicyclic) bond motifs is 1. The molecule has 184 valence electrons. The smallest absolute Gasteiger partial charge is 0.407 e. The molecule has 8 heteroatoms. The summed E-state index contributed by atoms with van der Waals surface area (Å²) in [5.74, 6) is 1.36. The Hall–Kier alpha value is -2.74. The van der Waals surface area contributed by atoms with E-state index in [-0.39, 0.29) is 24.5 Å². The Bertz CT molecular complexity index is 1020. The summed E-state index contributed by atoms with van der Waals surface area (Å²) < 4.78 is 5.37. The van der Waals surface area contributed by atoms with Crippen molar-refractivity contribution in [2.45, 2.75) is 77.5 Å². The lowest BCUT2D eigenvalue weighted by Gasteiger charge is -2.46. The third-order valence-corrected chi connectivity index (χ3v) is 6.68. The average molecular weight is 468 g/mol. The fraction of sp³-hybridized carbons (Fsp3) is 0.615. The molecule has 2 heterocycles. The van der Waals surface area contributed by atoms with Gasteiger partial charge in [-0.15, -0.1) is 0 Å². The quantitative estimate of drug-likeness (QED) is 0.633. The first-order valence-corrected chi connectivity index (χ1v) is 12.4. The Morgan fingerprint density at radius 1 is 1.12 bits per heavy atom. The maximum absolute atomic E-state index is 12.6. The predicted octanol–water partition coefficient (Wildman–Crippen LogP) is 4.08. The number of ketones is 1. The zero-order chi connectivity index (χ0) is 24.3. The summed E-state index contributed by atoms with van der Waals surface area (Å²) in [6, 6.07) is 6.79. The predicted molar refractivity (Wildman–Crippen MR) is 133 cm³/mol. The molecular formula is C26H37N5O3. The number of nitrogens with zero attached hydrogens (tertiary/aromatic N) is 3. The number of benzene rings is 1. The number of Topliss-reactive ketones (excluding diaryl/α,β-unsaturated/α-hetero) is 1. The zero-order valence-electron chi connectivity index (χ0n) is 20.8. The molecule has 0 bridgehead atoms. The maximum atomic E-state index is 12.6. The molecular weight excluding hydrogens is 430 g/mol. The Kier molecular flexibility index (Phi) is 7.36. The van der Waals surface area contributed by atoms with Gasteiger partial charge in [0.1, 0.15) is 17.7 Å². The minimum Gasteiger partial charge on any atom is -0.444 e. The summed E-state index contributed by atoms with van der Waals surface area (Å²) in [5, 5.41) is 7.17. The van der Waals surface area contributed by atoms with Crippen molar-refractivity contribution in [3.63, 3.8) is 0 Å². The number of likely N-dealkylation sites (tertiary alicyclic amines) is 1. The highest BCUT2D eigenvalue weighted by Gasteiger charge is 2.35. The molecule has 2 fully saturated rings. The van der Waals surface area contributed by atoms with E-state index in [9.17, 15) is 9.59 Å². The zero-order valence-corrected chi connectivity index (χ0v) is 20.8. The second kappa shape index (κ2) is 10.3. The topological polar surface area (TPSA) is 96.5 Å². The van der Waals surface area contributed by atoms with Crippen LogP contribution in [-0.2, 0) is 9.53 Å². The summed E-state index contributed by atoms with van der Waals surface area (Å²) in [7, 11) is 0. The summed E-state index contributed by atoms with van der Waals surface area (Å²) in [4.78, 5) is 35.7. The monoisotopic (exact) mass is 467 g/mol. The van der Waals surface area contributed by atoms with E-state index in [1.807, 2.05) is 45.9 Å². The molecule has 1 amide bonds. The van der Waals surface area contributed by atoms with Crippen LogP contribution in [0.25, 0.3) is 10.9 Å². The summed E-state index contributed by atoms with van der Waals surface area (Å²) >= 11 is 0. The number of hydrogen-bond acceptors (Lipinski definition) is 7. The number of alkyl carbamates (subject to hydrolysis) is 1. The van der Waals surface area contributed by atoms with Gasteiger partial charge in [-0.3, -0.25) is 9.69 Å². The lowest BCUT2D eigenvalue weighted by atomic mass is 9.85. The lowest BCUT2D eigenvalue weighted by molar-refractivity contribution is -0.120. The molecule has 0 atom stereocenters. The van der Waals surface area contributed by atoms with Crippen LogP contribution in [-0.4, -0.2) is 64.1 Å². The second-order valence-electron chi connectivity index (χ2n) is 10.8. The maximum Gasteiger partial charge on any atom is 0.407 e. The molecule has 4 rings (SSSR count). The van der Waals surface area contributed by atoms with E-state index in [1.54, 1.807) is 0 Å². The second-order valence-corrected chi connectivity index (χ2v) is 10.8. The van der Waals surface area contributed by atoms with Crippen molar-refractivity contribution in [1.29, 1.82) is 0 Å². The Morgan fingerprint density at radius 2 is 1.85 bits per heavy atom. The molecule has 2 aromatic rings. The van der Waals surface area contributed by atoms with Gasteiger partial charge in [0.2, 0.25) is 0 Å². The molecule has 2 N–H and O–H groups in total. The van der Waals surface area contributed by atoms with Gasteiger partial charge in [0.05, 0.1) is 12.1 Å². The number of aryl methyl sites for hydroxylation is 1. The highest BCUT2D eigenvalue weighted by atomic mass is 16.6. The number of nitrogens with one attached hydrogen (secondary N) is 2. The molecule has 2 aliphatic rings. The van der Waals surface area contributed by atoms with E-state index >= 15 is 0 Å². The Balaban J connectivity index is 1.15. The van der Waals surface area contributed by atoms with Crippen molar-refractivity contribution in [3.8, 4) is 0 Å². The minimum absolute atomic E-state index is 0.192. The number of carbonyl (C=O) groups is 2. The molecule has 0 spiro atoms. The van der Waals surface area contributed by atoms with E-state index in [2.05, 4.69) is 25.5 Å². The van der Waals surface area contributed by atoms with Crippen LogP contribution in [0.2, 0.25) is 0 Å². The van der Waals surface area contributed by atoms with Gasteiger partial charge in [-0.05, 0) is 71.4 Å². The minimum atomic E-state index is -0.470.